The molecule has 17 heavy (non-hydrogen) atoms. The van der Waals surface area contributed by atoms with Gasteiger partial charge in [0.2, 0.25) is 0 Å². The monoisotopic (exact) mass is 254 g/mol. The van der Waals surface area contributed by atoms with Gasteiger partial charge in [0.25, 0.3) is 0 Å². The van der Waals surface area contributed by atoms with E-state index in [9.17, 15) is 0 Å². The van der Waals surface area contributed by atoms with Gasteiger partial charge >= 0.3 is 0 Å². The third-order valence-electron chi connectivity index (χ3n) is 3.47. The lowest BCUT2D eigenvalue weighted by Crippen LogP contribution is -2.33. The highest BCUT2D eigenvalue weighted by molar-refractivity contribution is 6.30. The van der Waals surface area contributed by atoms with Crippen molar-refractivity contribution >= 4 is 11.6 Å². The summed E-state index contributed by atoms with van der Waals surface area (Å²) in [4.78, 5) is 2.40. The van der Waals surface area contributed by atoms with Crippen molar-refractivity contribution in [3.05, 3.63) is 34.9 Å². The molecule has 0 aliphatic carbocycles. The van der Waals surface area contributed by atoms with Crippen LogP contribution in [0.5, 0.6) is 0 Å². The third kappa shape index (κ3) is 4.30. The molecule has 1 aromatic carbocycles. The van der Waals surface area contributed by atoms with E-state index >= 15 is 0 Å². The Kier molecular flexibility index (Phi) is 5.96. The van der Waals surface area contributed by atoms with E-state index in [-0.39, 0.29) is 0 Å². The third-order valence-corrected chi connectivity index (χ3v) is 3.72. The number of rotatable bonds is 6. The van der Waals surface area contributed by atoms with E-state index in [1.54, 1.807) is 0 Å². The Labute approximate surface area is 110 Å². The first-order valence-electron chi connectivity index (χ1n) is 6.18. The smallest absolute Gasteiger partial charge is 0.0406 e. The quantitative estimate of drug-likeness (QED) is 0.838. The zero-order chi connectivity index (χ0) is 12.8. The molecule has 96 valence electrons. The first-order chi connectivity index (χ1) is 8.06. The summed E-state index contributed by atoms with van der Waals surface area (Å²) in [5.41, 5.74) is 1.31. The van der Waals surface area contributed by atoms with Crippen molar-refractivity contribution in [3.63, 3.8) is 0 Å². The van der Waals surface area contributed by atoms with Gasteiger partial charge in [-0.3, -0.25) is 4.90 Å². The van der Waals surface area contributed by atoms with Gasteiger partial charge in [-0.15, -0.1) is 0 Å². The first-order valence-corrected chi connectivity index (χ1v) is 6.56. The summed E-state index contributed by atoms with van der Waals surface area (Å²) in [6.07, 6.45) is 1.16. The molecule has 2 unspecified atom stereocenters. The van der Waals surface area contributed by atoms with Crippen molar-refractivity contribution in [2.45, 2.75) is 32.4 Å². The second-order valence-corrected chi connectivity index (χ2v) is 5.07. The van der Waals surface area contributed by atoms with Gasteiger partial charge in [0.15, 0.2) is 0 Å². The molecule has 1 rings (SSSR count). The van der Waals surface area contributed by atoms with E-state index in [1.807, 2.05) is 19.2 Å². The summed E-state index contributed by atoms with van der Waals surface area (Å²) >= 11 is 5.91. The number of nitrogens with one attached hydrogen (secondary N) is 1. The van der Waals surface area contributed by atoms with Crippen LogP contribution in [0.25, 0.3) is 0 Å². The number of benzene rings is 1. The van der Waals surface area contributed by atoms with Crippen LogP contribution in [-0.2, 0) is 0 Å². The molecule has 0 aromatic heterocycles. The molecular formula is C14H23ClN2. The predicted molar refractivity (Wildman–Crippen MR) is 75.6 cm³/mol. The molecule has 0 bridgehead atoms. The number of nitrogens with zero attached hydrogens (tertiary/aromatic N) is 1. The number of hydrogen-bond donors (Lipinski definition) is 1. The van der Waals surface area contributed by atoms with Crippen molar-refractivity contribution in [3.8, 4) is 0 Å². The maximum Gasteiger partial charge on any atom is 0.0406 e. The van der Waals surface area contributed by atoms with Gasteiger partial charge in [-0.2, -0.15) is 0 Å². The molecule has 0 saturated carbocycles. The van der Waals surface area contributed by atoms with E-state index in [0.29, 0.717) is 12.1 Å². The largest absolute Gasteiger partial charge is 0.320 e. The molecule has 0 spiro atoms. The Morgan fingerprint density at radius 2 is 1.82 bits per heavy atom. The molecule has 1 N–H and O–H groups in total. The minimum atomic E-state index is 0.416. The molecular weight excluding hydrogens is 232 g/mol. The van der Waals surface area contributed by atoms with E-state index in [0.717, 1.165) is 18.0 Å². The molecule has 0 aliphatic heterocycles. The van der Waals surface area contributed by atoms with E-state index in [4.69, 9.17) is 11.6 Å². The van der Waals surface area contributed by atoms with Crippen molar-refractivity contribution in [1.82, 2.24) is 10.2 Å². The van der Waals surface area contributed by atoms with Gasteiger partial charge in [-0.05, 0) is 58.6 Å². The summed E-state index contributed by atoms with van der Waals surface area (Å²) in [5, 5.41) is 3.99. The lowest BCUT2D eigenvalue weighted by Gasteiger charge is -2.31. The molecule has 0 heterocycles. The van der Waals surface area contributed by atoms with Gasteiger partial charge in [0.1, 0.15) is 0 Å². The van der Waals surface area contributed by atoms with Gasteiger partial charge in [0, 0.05) is 17.1 Å². The Bertz CT molecular complexity index is 323. The Morgan fingerprint density at radius 3 is 2.35 bits per heavy atom. The summed E-state index contributed by atoms with van der Waals surface area (Å²) in [6.45, 7) is 5.56. The SMILES string of the molecule is CNCCC(C)N(C)C(C)c1ccc(Cl)cc1. The van der Waals surface area contributed by atoms with Crippen LogP contribution in [0, 0.1) is 0 Å². The number of halogens is 1. The second kappa shape index (κ2) is 7.00. The van der Waals surface area contributed by atoms with Crippen LogP contribution in [0.4, 0.5) is 0 Å². The zero-order valence-electron chi connectivity index (χ0n) is 11.2. The molecule has 3 heteroatoms. The van der Waals surface area contributed by atoms with Crippen molar-refractivity contribution in [1.29, 1.82) is 0 Å². The lowest BCUT2D eigenvalue weighted by molar-refractivity contribution is 0.188. The van der Waals surface area contributed by atoms with Gasteiger partial charge in [-0.25, -0.2) is 0 Å². The standard InChI is InChI=1S/C14H23ClN2/c1-11(9-10-16-3)17(4)12(2)13-5-7-14(15)8-6-13/h5-8,11-12,16H,9-10H2,1-4H3. The van der Waals surface area contributed by atoms with Crippen molar-refractivity contribution < 1.29 is 0 Å². The molecule has 2 atom stereocenters. The normalized spacial score (nSPS) is 14.9. The Hall–Kier alpha value is -0.570. The topological polar surface area (TPSA) is 15.3 Å². The summed E-state index contributed by atoms with van der Waals surface area (Å²) in [6, 6.07) is 9.11. The lowest BCUT2D eigenvalue weighted by atomic mass is 10.0. The fourth-order valence-corrected chi connectivity index (χ4v) is 2.04. The molecule has 0 amide bonds. The number of hydrogen-bond acceptors (Lipinski definition) is 2. The molecule has 0 saturated heterocycles. The molecule has 0 aliphatic rings. The van der Waals surface area contributed by atoms with E-state index < -0.39 is 0 Å². The maximum absolute atomic E-state index is 5.91. The summed E-state index contributed by atoms with van der Waals surface area (Å²) < 4.78 is 0. The van der Waals surface area contributed by atoms with Gasteiger partial charge in [-0.1, -0.05) is 23.7 Å². The predicted octanol–water partition coefficient (Wildman–Crippen LogP) is 3.33. The van der Waals surface area contributed by atoms with Crippen LogP contribution < -0.4 is 5.32 Å². The van der Waals surface area contributed by atoms with E-state index in [1.165, 1.54) is 5.56 Å². The molecule has 0 fully saturated rings. The van der Waals surface area contributed by atoms with Gasteiger partial charge < -0.3 is 5.32 Å². The fraction of sp³-hybridized carbons (Fsp3) is 0.571. The Morgan fingerprint density at radius 1 is 1.24 bits per heavy atom. The maximum atomic E-state index is 5.91. The molecule has 2 nitrogen and oxygen atoms in total. The van der Waals surface area contributed by atoms with Crippen LogP contribution in [0.15, 0.2) is 24.3 Å². The highest BCUT2D eigenvalue weighted by Crippen LogP contribution is 2.23. The summed E-state index contributed by atoms with van der Waals surface area (Å²) in [7, 11) is 4.18. The molecule has 1 aromatic rings. The highest BCUT2D eigenvalue weighted by Gasteiger charge is 2.16. The summed E-state index contributed by atoms with van der Waals surface area (Å²) in [5.74, 6) is 0. The molecule has 0 radical (unpaired) electrons. The average Bonchev–Trinajstić information content (AvgIpc) is 2.35. The highest BCUT2D eigenvalue weighted by atomic mass is 35.5. The van der Waals surface area contributed by atoms with Gasteiger partial charge in [0.05, 0.1) is 0 Å². The van der Waals surface area contributed by atoms with E-state index in [2.05, 4.69) is 43.2 Å². The van der Waals surface area contributed by atoms with Crippen LogP contribution >= 0.6 is 11.6 Å². The zero-order valence-corrected chi connectivity index (χ0v) is 12.0. The van der Waals surface area contributed by atoms with Crippen molar-refractivity contribution in [2.24, 2.45) is 0 Å². The van der Waals surface area contributed by atoms with Crippen LogP contribution in [-0.4, -0.2) is 31.6 Å². The van der Waals surface area contributed by atoms with Crippen LogP contribution in [0.1, 0.15) is 31.9 Å². The Balaban J connectivity index is 2.62. The second-order valence-electron chi connectivity index (χ2n) is 4.63. The minimum Gasteiger partial charge on any atom is -0.320 e. The minimum absolute atomic E-state index is 0.416. The fourth-order valence-electron chi connectivity index (χ4n) is 1.92. The van der Waals surface area contributed by atoms with Crippen LogP contribution in [0.2, 0.25) is 5.02 Å². The van der Waals surface area contributed by atoms with Crippen LogP contribution in [0.3, 0.4) is 0 Å². The average molecular weight is 255 g/mol. The van der Waals surface area contributed by atoms with Crippen molar-refractivity contribution in [2.75, 3.05) is 20.6 Å². The first kappa shape index (κ1) is 14.5.